The zero-order valence-corrected chi connectivity index (χ0v) is 6.75. The number of terminal acetylenes is 1. The summed E-state index contributed by atoms with van der Waals surface area (Å²) in [4.78, 5) is 7.81. The number of hydrogen-bond acceptors (Lipinski definition) is 3. The molecule has 0 aliphatic rings. The van der Waals surface area contributed by atoms with Crippen molar-refractivity contribution in [1.29, 1.82) is 0 Å². The quantitative estimate of drug-likeness (QED) is 0.590. The van der Waals surface area contributed by atoms with Crippen LogP contribution in [0.3, 0.4) is 0 Å². The van der Waals surface area contributed by atoms with E-state index in [4.69, 9.17) is 6.42 Å². The predicted molar refractivity (Wildman–Crippen MR) is 47.1 cm³/mol. The fraction of sp³-hybridized carbons (Fsp3) is 0. The molecule has 0 saturated heterocycles. The van der Waals surface area contributed by atoms with Gasteiger partial charge in [-0.15, -0.1) is 6.42 Å². The zero-order chi connectivity index (χ0) is 9.10. The summed E-state index contributed by atoms with van der Waals surface area (Å²) in [5.41, 5.74) is 1.54. The van der Waals surface area contributed by atoms with Crippen molar-refractivity contribution in [3.05, 3.63) is 36.7 Å². The molecule has 0 aliphatic carbocycles. The van der Waals surface area contributed by atoms with Crippen LogP contribution in [0.25, 0.3) is 5.69 Å². The Bertz CT molecular complexity index is 439. The van der Waals surface area contributed by atoms with E-state index < -0.39 is 0 Å². The van der Waals surface area contributed by atoms with Gasteiger partial charge in [0.25, 0.3) is 0 Å². The minimum Gasteiger partial charge on any atom is -0.261 e. The van der Waals surface area contributed by atoms with Crippen molar-refractivity contribution in [2.45, 2.75) is 0 Å². The number of pyridine rings is 1. The van der Waals surface area contributed by atoms with Gasteiger partial charge in [-0.1, -0.05) is 5.92 Å². The SMILES string of the molecule is C#Cc1cncc(-n2cncn2)c1. The lowest BCUT2D eigenvalue weighted by molar-refractivity contribution is 0.871. The number of aromatic nitrogens is 4. The first kappa shape index (κ1) is 7.50. The summed E-state index contributed by atoms with van der Waals surface area (Å²) in [6, 6.07) is 1.82. The van der Waals surface area contributed by atoms with Crippen LogP contribution in [0.5, 0.6) is 0 Å². The monoisotopic (exact) mass is 170 g/mol. The van der Waals surface area contributed by atoms with E-state index in [-0.39, 0.29) is 0 Å². The molecule has 4 nitrogen and oxygen atoms in total. The normalized spacial score (nSPS) is 9.46. The summed E-state index contributed by atoms with van der Waals surface area (Å²) in [5.74, 6) is 2.51. The summed E-state index contributed by atoms with van der Waals surface area (Å²) in [7, 11) is 0. The van der Waals surface area contributed by atoms with Crippen LogP contribution in [0.2, 0.25) is 0 Å². The van der Waals surface area contributed by atoms with E-state index in [0.29, 0.717) is 0 Å². The van der Waals surface area contributed by atoms with Gasteiger partial charge in [-0.05, 0) is 6.07 Å². The van der Waals surface area contributed by atoms with Gasteiger partial charge < -0.3 is 0 Å². The summed E-state index contributed by atoms with van der Waals surface area (Å²) >= 11 is 0. The fourth-order valence-corrected chi connectivity index (χ4v) is 0.974. The first-order chi connectivity index (χ1) is 6.40. The topological polar surface area (TPSA) is 43.6 Å². The van der Waals surface area contributed by atoms with Crippen LogP contribution in [0.4, 0.5) is 0 Å². The molecule has 0 N–H and O–H groups in total. The summed E-state index contributed by atoms with van der Waals surface area (Å²) < 4.78 is 1.60. The molecule has 0 spiro atoms. The van der Waals surface area contributed by atoms with Crippen LogP contribution < -0.4 is 0 Å². The van der Waals surface area contributed by atoms with Crippen LogP contribution in [0, 0.1) is 12.3 Å². The number of hydrogen-bond donors (Lipinski definition) is 0. The van der Waals surface area contributed by atoms with Crippen molar-refractivity contribution in [3.8, 4) is 18.0 Å². The molecule has 62 valence electrons. The van der Waals surface area contributed by atoms with Crippen molar-refractivity contribution in [2.24, 2.45) is 0 Å². The fourth-order valence-electron chi connectivity index (χ4n) is 0.974. The maximum Gasteiger partial charge on any atom is 0.138 e. The molecule has 0 aliphatic heterocycles. The van der Waals surface area contributed by atoms with Gasteiger partial charge in [0.2, 0.25) is 0 Å². The number of nitrogens with zero attached hydrogens (tertiary/aromatic N) is 4. The van der Waals surface area contributed by atoms with Gasteiger partial charge in [-0.2, -0.15) is 5.10 Å². The maximum atomic E-state index is 5.24. The third-order valence-corrected chi connectivity index (χ3v) is 1.57. The lowest BCUT2D eigenvalue weighted by Crippen LogP contribution is -1.95. The minimum atomic E-state index is 0.730. The average Bonchev–Trinajstić information content (AvgIpc) is 2.71. The van der Waals surface area contributed by atoms with E-state index in [1.54, 1.807) is 23.4 Å². The molecule has 0 fully saturated rings. The van der Waals surface area contributed by atoms with E-state index in [1.165, 1.54) is 6.33 Å². The van der Waals surface area contributed by atoms with Crippen molar-refractivity contribution in [2.75, 3.05) is 0 Å². The standard InChI is InChI=1S/C9H6N4/c1-2-8-3-9(5-10-4-8)13-7-11-6-12-13/h1,3-7H. The van der Waals surface area contributed by atoms with Crippen LogP contribution in [0.15, 0.2) is 31.1 Å². The van der Waals surface area contributed by atoms with E-state index in [1.807, 2.05) is 6.07 Å². The maximum absolute atomic E-state index is 5.24. The first-order valence-electron chi connectivity index (χ1n) is 3.67. The van der Waals surface area contributed by atoms with Crippen LogP contribution >= 0.6 is 0 Å². The molecule has 0 unspecified atom stereocenters. The highest BCUT2D eigenvalue weighted by molar-refractivity contribution is 5.38. The molecule has 13 heavy (non-hydrogen) atoms. The third-order valence-electron chi connectivity index (χ3n) is 1.57. The summed E-state index contributed by atoms with van der Waals surface area (Å²) in [6.45, 7) is 0. The summed E-state index contributed by atoms with van der Waals surface area (Å²) in [6.07, 6.45) is 11.6. The second-order valence-corrected chi connectivity index (χ2v) is 2.42. The molecule has 2 aromatic heterocycles. The molecule has 0 aromatic carbocycles. The Morgan fingerprint density at radius 3 is 2.92 bits per heavy atom. The lowest BCUT2D eigenvalue weighted by atomic mass is 10.3. The molecule has 2 heterocycles. The van der Waals surface area contributed by atoms with Gasteiger partial charge in [-0.25, -0.2) is 9.67 Å². The molecule has 0 atom stereocenters. The molecular weight excluding hydrogens is 164 g/mol. The second-order valence-electron chi connectivity index (χ2n) is 2.42. The van der Waals surface area contributed by atoms with Crippen molar-refractivity contribution in [1.82, 2.24) is 19.7 Å². The highest BCUT2D eigenvalue weighted by Gasteiger charge is 1.96. The minimum absolute atomic E-state index is 0.730. The molecular formula is C9H6N4. The smallest absolute Gasteiger partial charge is 0.138 e. The third kappa shape index (κ3) is 1.40. The van der Waals surface area contributed by atoms with Crippen LogP contribution in [-0.4, -0.2) is 19.7 Å². The van der Waals surface area contributed by atoms with Gasteiger partial charge in [0.15, 0.2) is 0 Å². The Labute approximate surface area is 75.3 Å². The Kier molecular flexibility index (Phi) is 1.77. The van der Waals surface area contributed by atoms with E-state index >= 15 is 0 Å². The number of rotatable bonds is 1. The molecule has 0 bridgehead atoms. The van der Waals surface area contributed by atoms with E-state index in [9.17, 15) is 0 Å². The largest absolute Gasteiger partial charge is 0.261 e. The Balaban J connectivity index is 2.49. The molecule has 4 heteroatoms. The summed E-state index contributed by atoms with van der Waals surface area (Å²) in [5, 5.41) is 3.96. The second kappa shape index (κ2) is 3.07. The Morgan fingerprint density at radius 1 is 1.31 bits per heavy atom. The molecule has 2 rings (SSSR count). The highest BCUT2D eigenvalue weighted by Crippen LogP contribution is 2.04. The van der Waals surface area contributed by atoms with Gasteiger partial charge in [0.1, 0.15) is 12.7 Å². The first-order valence-corrected chi connectivity index (χ1v) is 3.67. The highest BCUT2D eigenvalue weighted by atomic mass is 15.3. The zero-order valence-electron chi connectivity index (χ0n) is 6.75. The van der Waals surface area contributed by atoms with Crippen LogP contribution in [0.1, 0.15) is 5.56 Å². The van der Waals surface area contributed by atoms with E-state index in [0.717, 1.165) is 11.3 Å². The van der Waals surface area contributed by atoms with Gasteiger partial charge >= 0.3 is 0 Å². The van der Waals surface area contributed by atoms with Crippen LogP contribution in [-0.2, 0) is 0 Å². The molecule has 2 aromatic rings. The molecule has 0 amide bonds. The molecule has 0 radical (unpaired) electrons. The van der Waals surface area contributed by atoms with Gasteiger partial charge in [-0.3, -0.25) is 4.98 Å². The predicted octanol–water partition coefficient (Wildman–Crippen LogP) is 0.644. The molecule has 0 saturated carbocycles. The van der Waals surface area contributed by atoms with Crippen molar-refractivity contribution in [3.63, 3.8) is 0 Å². The Hall–Kier alpha value is -2.15. The van der Waals surface area contributed by atoms with E-state index in [2.05, 4.69) is 21.0 Å². The van der Waals surface area contributed by atoms with Crippen molar-refractivity contribution >= 4 is 0 Å². The lowest BCUT2D eigenvalue weighted by Gasteiger charge is -1.98. The Morgan fingerprint density at radius 2 is 2.23 bits per heavy atom. The van der Waals surface area contributed by atoms with Gasteiger partial charge in [0, 0.05) is 11.8 Å². The average molecular weight is 170 g/mol. The van der Waals surface area contributed by atoms with Gasteiger partial charge in [0.05, 0.1) is 11.9 Å². The van der Waals surface area contributed by atoms with Crippen molar-refractivity contribution < 1.29 is 0 Å².